The molecule has 3 rings (SSSR count). The number of anilines is 1. The zero-order valence-electron chi connectivity index (χ0n) is 17.2. The van der Waals surface area contributed by atoms with Crippen LogP contribution in [0.5, 0.6) is 5.75 Å². The van der Waals surface area contributed by atoms with Crippen molar-refractivity contribution < 1.29 is 9.53 Å². The maximum atomic E-state index is 12.6. The maximum Gasteiger partial charge on any atom is 0.236 e. The first kappa shape index (κ1) is 20.2. The highest BCUT2D eigenvalue weighted by molar-refractivity contribution is 5.78. The van der Waals surface area contributed by atoms with Crippen LogP contribution in [-0.4, -0.2) is 62.6 Å². The standard InChI is InChI=1S/C23H31N3O2/c1-4-19-9-11-20(12-10-19)17-24(2)23(27)18-25-13-15-26(16-14-25)21-7-5-6-8-22(21)28-3/h5-12H,4,13-18H2,1-3H3. The number of hydrogen-bond donors (Lipinski definition) is 0. The molecule has 2 aromatic carbocycles. The second-order valence-electron chi connectivity index (χ2n) is 7.35. The lowest BCUT2D eigenvalue weighted by Gasteiger charge is -2.36. The lowest BCUT2D eigenvalue weighted by molar-refractivity contribution is -0.131. The van der Waals surface area contributed by atoms with Crippen LogP contribution in [0.25, 0.3) is 0 Å². The molecule has 0 aliphatic carbocycles. The molecule has 0 spiro atoms. The lowest BCUT2D eigenvalue weighted by atomic mass is 10.1. The van der Waals surface area contributed by atoms with Crippen molar-refractivity contribution in [1.82, 2.24) is 9.80 Å². The number of benzene rings is 2. The number of amides is 1. The molecule has 0 radical (unpaired) electrons. The molecule has 1 heterocycles. The van der Waals surface area contributed by atoms with Gasteiger partial charge in [-0.05, 0) is 29.7 Å². The predicted octanol–water partition coefficient (Wildman–Crippen LogP) is 3.04. The molecule has 5 heteroatoms. The van der Waals surface area contributed by atoms with Gasteiger partial charge in [0.15, 0.2) is 0 Å². The number of methoxy groups -OCH3 is 1. The van der Waals surface area contributed by atoms with Crippen LogP contribution in [0, 0.1) is 0 Å². The van der Waals surface area contributed by atoms with Gasteiger partial charge in [0.1, 0.15) is 5.75 Å². The Hall–Kier alpha value is -2.53. The molecule has 28 heavy (non-hydrogen) atoms. The van der Waals surface area contributed by atoms with Crippen molar-refractivity contribution in [3.8, 4) is 5.75 Å². The molecule has 0 N–H and O–H groups in total. The Morgan fingerprint density at radius 1 is 1.00 bits per heavy atom. The van der Waals surface area contributed by atoms with Crippen LogP contribution in [0.3, 0.4) is 0 Å². The van der Waals surface area contributed by atoms with Gasteiger partial charge in [-0.3, -0.25) is 9.69 Å². The second kappa shape index (κ2) is 9.60. The molecule has 2 aromatic rings. The highest BCUT2D eigenvalue weighted by atomic mass is 16.5. The third kappa shape index (κ3) is 5.04. The largest absolute Gasteiger partial charge is 0.495 e. The Kier molecular flexibility index (Phi) is 6.93. The summed E-state index contributed by atoms with van der Waals surface area (Å²) in [6, 6.07) is 16.6. The van der Waals surface area contributed by atoms with E-state index in [1.807, 2.05) is 30.1 Å². The fourth-order valence-electron chi connectivity index (χ4n) is 3.59. The minimum Gasteiger partial charge on any atom is -0.495 e. The molecule has 1 fully saturated rings. The normalized spacial score (nSPS) is 14.8. The number of carbonyl (C=O) groups excluding carboxylic acids is 1. The van der Waals surface area contributed by atoms with Crippen molar-refractivity contribution in [2.45, 2.75) is 19.9 Å². The number of hydrogen-bond acceptors (Lipinski definition) is 4. The minimum atomic E-state index is 0.172. The van der Waals surface area contributed by atoms with E-state index in [-0.39, 0.29) is 5.91 Å². The van der Waals surface area contributed by atoms with E-state index in [1.54, 1.807) is 7.11 Å². The SMILES string of the molecule is CCc1ccc(CN(C)C(=O)CN2CCN(c3ccccc3OC)CC2)cc1. The van der Waals surface area contributed by atoms with Gasteiger partial charge in [0.25, 0.3) is 0 Å². The Bertz CT molecular complexity index is 768. The van der Waals surface area contributed by atoms with E-state index < -0.39 is 0 Å². The third-order valence-electron chi connectivity index (χ3n) is 5.43. The molecule has 150 valence electrons. The van der Waals surface area contributed by atoms with Gasteiger partial charge in [-0.15, -0.1) is 0 Å². The van der Waals surface area contributed by atoms with Gasteiger partial charge in [-0.25, -0.2) is 0 Å². The summed E-state index contributed by atoms with van der Waals surface area (Å²) in [5, 5.41) is 0. The van der Waals surface area contributed by atoms with Gasteiger partial charge in [0.05, 0.1) is 19.3 Å². The average molecular weight is 382 g/mol. The summed E-state index contributed by atoms with van der Waals surface area (Å²) in [5.41, 5.74) is 3.63. The number of para-hydroxylation sites is 2. The van der Waals surface area contributed by atoms with E-state index >= 15 is 0 Å². The first-order chi connectivity index (χ1) is 13.6. The van der Waals surface area contributed by atoms with Gasteiger partial charge in [-0.1, -0.05) is 43.3 Å². The maximum absolute atomic E-state index is 12.6. The predicted molar refractivity (Wildman–Crippen MR) is 114 cm³/mol. The van der Waals surface area contributed by atoms with Gasteiger partial charge >= 0.3 is 0 Å². The first-order valence-electron chi connectivity index (χ1n) is 10.0. The third-order valence-corrected chi connectivity index (χ3v) is 5.43. The van der Waals surface area contributed by atoms with E-state index in [2.05, 4.69) is 47.1 Å². The van der Waals surface area contributed by atoms with E-state index in [0.717, 1.165) is 44.0 Å². The highest BCUT2D eigenvalue weighted by Gasteiger charge is 2.22. The van der Waals surface area contributed by atoms with Crippen LogP contribution in [0.1, 0.15) is 18.1 Å². The Morgan fingerprint density at radius 2 is 1.64 bits per heavy atom. The van der Waals surface area contributed by atoms with E-state index in [4.69, 9.17) is 4.74 Å². The molecule has 1 saturated heterocycles. The summed E-state index contributed by atoms with van der Waals surface area (Å²) in [6.07, 6.45) is 1.04. The molecule has 1 aliphatic rings. The quantitative estimate of drug-likeness (QED) is 0.739. The average Bonchev–Trinajstić information content (AvgIpc) is 2.74. The van der Waals surface area contributed by atoms with Crippen molar-refractivity contribution in [3.63, 3.8) is 0 Å². The number of nitrogens with zero attached hydrogens (tertiary/aromatic N) is 3. The number of rotatable bonds is 7. The summed E-state index contributed by atoms with van der Waals surface area (Å²) in [7, 11) is 3.60. The van der Waals surface area contributed by atoms with Crippen LogP contribution in [0.2, 0.25) is 0 Å². The monoisotopic (exact) mass is 381 g/mol. The molecular formula is C23H31N3O2. The number of aryl methyl sites for hydroxylation is 1. The summed E-state index contributed by atoms with van der Waals surface area (Å²) in [5.74, 6) is 1.08. The number of ether oxygens (including phenoxy) is 1. The Labute approximate surface area is 168 Å². The van der Waals surface area contributed by atoms with Crippen molar-refractivity contribution in [2.24, 2.45) is 0 Å². The molecule has 0 unspecified atom stereocenters. The van der Waals surface area contributed by atoms with Crippen molar-refractivity contribution in [1.29, 1.82) is 0 Å². The molecule has 0 atom stereocenters. The lowest BCUT2D eigenvalue weighted by Crippen LogP contribution is -2.49. The number of carbonyl (C=O) groups is 1. The number of piperazine rings is 1. The molecular weight excluding hydrogens is 350 g/mol. The van der Waals surface area contributed by atoms with Crippen LogP contribution < -0.4 is 9.64 Å². The van der Waals surface area contributed by atoms with E-state index in [1.165, 1.54) is 11.1 Å². The van der Waals surface area contributed by atoms with E-state index in [9.17, 15) is 4.79 Å². The summed E-state index contributed by atoms with van der Waals surface area (Å²) in [6.45, 7) is 6.84. The zero-order chi connectivity index (χ0) is 19.9. The Morgan fingerprint density at radius 3 is 2.29 bits per heavy atom. The van der Waals surface area contributed by atoms with Gasteiger partial charge in [0, 0.05) is 39.8 Å². The molecule has 1 aliphatic heterocycles. The summed E-state index contributed by atoms with van der Waals surface area (Å²) >= 11 is 0. The molecule has 1 amide bonds. The second-order valence-corrected chi connectivity index (χ2v) is 7.35. The minimum absolute atomic E-state index is 0.172. The van der Waals surface area contributed by atoms with Crippen LogP contribution in [0.4, 0.5) is 5.69 Å². The smallest absolute Gasteiger partial charge is 0.236 e. The molecule has 0 bridgehead atoms. The number of likely N-dealkylation sites (N-methyl/N-ethyl adjacent to an activating group) is 1. The van der Waals surface area contributed by atoms with Gasteiger partial charge < -0.3 is 14.5 Å². The van der Waals surface area contributed by atoms with Crippen LogP contribution in [-0.2, 0) is 17.8 Å². The fraction of sp³-hybridized carbons (Fsp3) is 0.435. The molecule has 0 saturated carbocycles. The van der Waals surface area contributed by atoms with Gasteiger partial charge in [0.2, 0.25) is 5.91 Å². The first-order valence-corrected chi connectivity index (χ1v) is 10.0. The van der Waals surface area contributed by atoms with Crippen molar-refractivity contribution in [3.05, 3.63) is 59.7 Å². The summed E-state index contributed by atoms with van der Waals surface area (Å²) < 4.78 is 5.48. The topological polar surface area (TPSA) is 36.0 Å². The highest BCUT2D eigenvalue weighted by Crippen LogP contribution is 2.28. The summed E-state index contributed by atoms with van der Waals surface area (Å²) in [4.78, 5) is 19.0. The van der Waals surface area contributed by atoms with Gasteiger partial charge in [-0.2, -0.15) is 0 Å². The molecule has 0 aromatic heterocycles. The fourth-order valence-corrected chi connectivity index (χ4v) is 3.59. The van der Waals surface area contributed by atoms with Crippen LogP contribution in [0.15, 0.2) is 48.5 Å². The van der Waals surface area contributed by atoms with E-state index in [0.29, 0.717) is 13.1 Å². The van der Waals surface area contributed by atoms with Crippen LogP contribution >= 0.6 is 0 Å². The molecule has 5 nitrogen and oxygen atoms in total. The Balaban J connectivity index is 1.48. The van der Waals surface area contributed by atoms with Crippen molar-refractivity contribution >= 4 is 11.6 Å². The zero-order valence-corrected chi connectivity index (χ0v) is 17.2. The van der Waals surface area contributed by atoms with Crippen molar-refractivity contribution in [2.75, 3.05) is 51.8 Å².